The van der Waals surface area contributed by atoms with E-state index in [4.69, 9.17) is 23.2 Å². The average molecular weight is 487 g/mol. The number of amides is 1. The van der Waals surface area contributed by atoms with Crippen LogP contribution in [0.2, 0.25) is 10.0 Å². The summed E-state index contributed by atoms with van der Waals surface area (Å²) in [5.74, 6) is 0.473. The van der Waals surface area contributed by atoms with Gasteiger partial charge in [-0.3, -0.25) is 14.3 Å². The number of pyridine rings is 1. The lowest BCUT2D eigenvalue weighted by atomic mass is 9.83. The van der Waals surface area contributed by atoms with Crippen molar-refractivity contribution in [2.75, 3.05) is 5.75 Å². The molecule has 2 heterocycles. The molecule has 3 aromatic rings. The summed E-state index contributed by atoms with van der Waals surface area (Å²) in [4.78, 5) is 16.8. The van der Waals surface area contributed by atoms with E-state index in [1.165, 1.54) is 11.8 Å². The summed E-state index contributed by atoms with van der Waals surface area (Å²) in [6.07, 6.45) is 7.73. The number of carbonyl (C=O) groups excluding carboxylic acids is 1. The molecule has 32 heavy (non-hydrogen) atoms. The van der Waals surface area contributed by atoms with E-state index in [2.05, 4.69) is 26.6 Å². The van der Waals surface area contributed by atoms with Gasteiger partial charge in [0.05, 0.1) is 27.6 Å². The summed E-state index contributed by atoms with van der Waals surface area (Å²) in [7, 11) is 0. The molecule has 0 saturated heterocycles. The molecule has 1 N–H and O–H groups in total. The number of carbonyl (C=O) groups is 1. The van der Waals surface area contributed by atoms with Gasteiger partial charge in [0.2, 0.25) is 5.91 Å². The van der Waals surface area contributed by atoms with Gasteiger partial charge < -0.3 is 5.32 Å². The maximum Gasteiger partial charge on any atom is 0.231 e. The van der Waals surface area contributed by atoms with Crippen molar-refractivity contribution < 1.29 is 4.79 Å². The molecule has 2 aromatic heterocycles. The Morgan fingerprint density at radius 2 is 2.00 bits per heavy atom. The first kappa shape index (κ1) is 22.6. The minimum absolute atomic E-state index is 0.107. The van der Waals surface area contributed by atoms with E-state index < -0.39 is 5.54 Å². The highest BCUT2D eigenvalue weighted by atomic mass is 35.5. The zero-order valence-corrected chi connectivity index (χ0v) is 19.4. The summed E-state index contributed by atoms with van der Waals surface area (Å²) < 4.78 is 1.82. The van der Waals surface area contributed by atoms with Crippen LogP contribution in [-0.2, 0) is 4.79 Å². The molecule has 0 atom stereocenters. The quantitative estimate of drug-likeness (QED) is 0.488. The van der Waals surface area contributed by atoms with Gasteiger partial charge in [0, 0.05) is 18.0 Å². The second kappa shape index (κ2) is 9.90. The molecule has 0 unspecified atom stereocenters. The van der Waals surface area contributed by atoms with E-state index in [1.54, 1.807) is 24.5 Å². The number of hydrogen-bond acceptors (Lipinski definition) is 6. The molecular formula is C22H20Cl2N6OS. The highest BCUT2D eigenvalue weighted by Crippen LogP contribution is 2.32. The van der Waals surface area contributed by atoms with Gasteiger partial charge in [-0.15, -0.1) is 10.2 Å². The lowest BCUT2D eigenvalue weighted by Crippen LogP contribution is -2.49. The summed E-state index contributed by atoms with van der Waals surface area (Å²) >= 11 is 13.6. The van der Waals surface area contributed by atoms with E-state index in [-0.39, 0.29) is 11.7 Å². The third kappa shape index (κ3) is 4.90. The molecule has 1 amide bonds. The van der Waals surface area contributed by atoms with Crippen LogP contribution in [0, 0.1) is 11.3 Å². The van der Waals surface area contributed by atoms with E-state index >= 15 is 0 Å². The number of nitrogens with zero attached hydrogens (tertiary/aromatic N) is 5. The second-order valence-electron chi connectivity index (χ2n) is 7.57. The molecule has 0 aliphatic heterocycles. The van der Waals surface area contributed by atoms with Gasteiger partial charge in [-0.25, -0.2) is 0 Å². The monoisotopic (exact) mass is 486 g/mol. The molecule has 7 nitrogen and oxygen atoms in total. The molecule has 1 aliphatic rings. The highest BCUT2D eigenvalue weighted by Gasteiger charge is 2.33. The van der Waals surface area contributed by atoms with E-state index in [1.807, 2.05) is 22.8 Å². The van der Waals surface area contributed by atoms with E-state index in [0.29, 0.717) is 39.6 Å². The van der Waals surface area contributed by atoms with Crippen molar-refractivity contribution in [2.45, 2.75) is 42.8 Å². The fourth-order valence-corrected chi connectivity index (χ4v) is 4.80. The van der Waals surface area contributed by atoms with Crippen LogP contribution in [0.25, 0.3) is 17.1 Å². The number of thioether (sulfide) groups is 1. The first-order valence-electron chi connectivity index (χ1n) is 10.2. The van der Waals surface area contributed by atoms with Crippen molar-refractivity contribution in [3.05, 3.63) is 52.8 Å². The van der Waals surface area contributed by atoms with Crippen LogP contribution in [0.5, 0.6) is 0 Å². The number of hydrogen-bond donors (Lipinski definition) is 1. The zero-order chi connectivity index (χ0) is 22.6. The Balaban J connectivity index is 1.60. The number of benzene rings is 1. The van der Waals surface area contributed by atoms with E-state index in [9.17, 15) is 10.1 Å². The largest absolute Gasteiger partial charge is 0.337 e. The maximum absolute atomic E-state index is 12.7. The summed E-state index contributed by atoms with van der Waals surface area (Å²) in [5, 5.41) is 22.6. The third-order valence-corrected chi connectivity index (χ3v) is 7.01. The standard InChI is InChI=1S/C22H20Cl2N6OS/c23-17-7-6-16(11-18(17)24)30-20(15-5-4-10-26-12-15)28-29-21(30)32-13-19(31)27-22(14-25)8-2-1-3-9-22/h4-7,10-12H,1-3,8-9,13H2,(H,27,31). The van der Waals surface area contributed by atoms with Crippen molar-refractivity contribution in [3.8, 4) is 23.1 Å². The highest BCUT2D eigenvalue weighted by molar-refractivity contribution is 7.99. The lowest BCUT2D eigenvalue weighted by molar-refractivity contribution is -0.120. The van der Waals surface area contributed by atoms with Gasteiger partial charge in [0.25, 0.3) is 0 Å². The van der Waals surface area contributed by atoms with Crippen LogP contribution in [0.15, 0.2) is 47.9 Å². The Bertz CT molecular complexity index is 1150. The Hall–Kier alpha value is -2.60. The Kier molecular flexibility index (Phi) is 6.99. The predicted octanol–water partition coefficient (Wildman–Crippen LogP) is 5.07. The van der Waals surface area contributed by atoms with Crippen LogP contribution in [0.3, 0.4) is 0 Å². The van der Waals surface area contributed by atoms with Crippen molar-refractivity contribution >= 4 is 40.9 Å². The van der Waals surface area contributed by atoms with Crippen molar-refractivity contribution in [3.63, 3.8) is 0 Å². The van der Waals surface area contributed by atoms with Crippen molar-refractivity contribution in [1.82, 2.24) is 25.1 Å². The summed E-state index contributed by atoms with van der Waals surface area (Å²) in [5.41, 5.74) is 0.716. The predicted molar refractivity (Wildman–Crippen MR) is 125 cm³/mol. The first-order chi connectivity index (χ1) is 15.5. The number of rotatable bonds is 6. The van der Waals surface area contributed by atoms with Gasteiger partial charge in [0.15, 0.2) is 11.0 Å². The molecule has 164 valence electrons. The molecular weight excluding hydrogens is 467 g/mol. The van der Waals surface area contributed by atoms with Crippen LogP contribution >= 0.6 is 35.0 Å². The molecule has 1 aliphatic carbocycles. The fourth-order valence-electron chi connectivity index (χ4n) is 3.76. The normalized spacial score (nSPS) is 15.2. The van der Waals surface area contributed by atoms with Crippen LogP contribution < -0.4 is 5.32 Å². The molecule has 0 bridgehead atoms. The minimum atomic E-state index is -0.770. The zero-order valence-electron chi connectivity index (χ0n) is 17.1. The van der Waals surface area contributed by atoms with Crippen LogP contribution in [0.4, 0.5) is 0 Å². The van der Waals surface area contributed by atoms with Gasteiger partial charge in [0.1, 0.15) is 5.54 Å². The Morgan fingerprint density at radius 3 is 2.69 bits per heavy atom. The molecule has 1 saturated carbocycles. The number of nitrogens with one attached hydrogen (secondary N) is 1. The van der Waals surface area contributed by atoms with Gasteiger partial charge in [-0.2, -0.15) is 5.26 Å². The number of halogens is 2. The second-order valence-corrected chi connectivity index (χ2v) is 9.33. The first-order valence-corrected chi connectivity index (χ1v) is 11.9. The van der Waals surface area contributed by atoms with Crippen molar-refractivity contribution in [1.29, 1.82) is 5.26 Å². The van der Waals surface area contributed by atoms with Gasteiger partial charge >= 0.3 is 0 Å². The molecule has 1 aromatic carbocycles. The van der Waals surface area contributed by atoms with Crippen molar-refractivity contribution in [2.24, 2.45) is 0 Å². The SMILES string of the molecule is N#CC1(NC(=O)CSc2nnc(-c3cccnc3)n2-c2ccc(Cl)c(Cl)c2)CCCCC1. The Morgan fingerprint density at radius 1 is 1.19 bits per heavy atom. The Labute approximate surface area is 200 Å². The van der Waals surface area contributed by atoms with E-state index in [0.717, 1.165) is 24.8 Å². The van der Waals surface area contributed by atoms with Crippen LogP contribution in [-0.4, -0.2) is 36.9 Å². The maximum atomic E-state index is 12.7. The molecule has 4 rings (SSSR count). The van der Waals surface area contributed by atoms with Crippen LogP contribution in [0.1, 0.15) is 32.1 Å². The summed E-state index contributed by atoms with van der Waals surface area (Å²) in [6.45, 7) is 0. The molecule has 0 radical (unpaired) electrons. The van der Waals surface area contributed by atoms with Gasteiger partial charge in [-0.1, -0.05) is 54.2 Å². The third-order valence-electron chi connectivity index (χ3n) is 5.35. The van der Waals surface area contributed by atoms with Gasteiger partial charge in [-0.05, 0) is 43.2 Å². The topological polar surface area (TPSA) is 96.5 Å². The number of nitriles is 1. The fraction of sp³-hybridized carbons (Fsp3) is 0.318. The molecule has 1 fully saturated rings. The molecule has 10 heteroatoms. The minimum Gasteiger partial charge on any atom is -0.337 e. The smallest absolute Gasteiger partial charge is 0.231 e. The number of aromatic nitrogens is 4. The summed E-state index contributed by atoms with van der Waals surface area (Å²) in [6, 6.07) is 11.2. The average Bonchev–Trinajstić information content (AvgIpc) is 3.25. The lowest BCUT2D eigenvalue weighted by Gasteiger charge is -2.31. The molecule has 0 spiro atoms.